The van der Waals surface area contributed by atoms with Gasteiger partial charge in [0.25, 0.3) is 5.56 Å². The van der Waals surface area contributed by atoms with E-state index in [9.17, 15) is 39.6 Å². The maximum Gasteiger partial charge on any atom is 0.416 e. The first kappa shape index (κ1) is 26.2. The highest BCUT2D eigenvalue weighted by atomic mass is 32.2. The molecule has 1 heterocycles. The van der Waals surface area contributed by atoms with Crippen LogP contribution in [-0.2, 0) is 28.9 Å². The standard InChI is InChI=1S/C21H17F6N3O4S/c1-34-16-4-2-13(3-5-16)18-11-19(31)30(12-28-18)7-6-29-35(32,33)17-9-14(20(22,23)24)8-15(10-17)21(25,26)27/h2-5,8-12,29H,6-7H2,1H3. The van der Waals surface area contributed by atoms with Crippen LogP contribution in [0.25, 0.3) is 11.3 Å². The number of ether oxygens (including phenoxy) is 1. The number of nitrogens with zero attached hydrogens (tertiary/aromatic N) is 2. The third-order valence-corrected chi connectivity index (χ3v) is 6.22. The van der Waals surface area contributed by atoms with E-state index >= 15 is 0 Å². The van der Waals surface area contributed by atoms with Crippen LogP contribution in [-0.4, -0.2) is 31.6 Å². The highest BCUT2D eigenvalue weighted by molar-refractivity contribution is 7.89. The summed E-state index contributed by atoms with van der Waals surface area (Å²) in [5.41, 5.74) is -3.13. The summed E-state index contributed by atoms with van der Waals surface area (Å²) in [5, 5.41) is 0. The Bertz CT molecular complexity index is 1340. The lowest BCUT2D eigenvalue weighted by atomic mass is 10.1. The summed E-state index contributed by atoms with van der Waals surface area (Å²) in [6.07, 6.45) is -9.26. The van der Waals surface area contributed by atoms with Crippen molar-refractivity contribution in [1.82, 2.24) is 14.3 Å². The number of hydrogen-bond donors (Lipinski definition) is 1. The minimum atomic E-state index is -5.20. The molecule has 35 heavy (non-hydrogen) atoms. The molecule has 0 saturated carbocycles. The second-order valence-corrected chi connectivity index (χ2v) is 8.94. The number of aromatic nitrogens is 2. The third-order valence-electron chi connectivity index (χ3n) is 4.78. The Labute approximate surface area is 195 Å². The smallest absolute Gasteiger partial charge is 0.416 e. The van der Waals surface area contributed by atoms with Crippen LogP contribution in [0.2, 0.25) is 0 Å². The van der Waals surface area contributed by atoms with Gasteiger partial charge in [-0.15, -0.1) is 0 Å². The zero-order chi connectivity index (χ0) is 26.0. The number of alkyl halides is 6. The fourth-order valence-corrected chi connectivity index (χ4v) is 4.07. The molecule has 0 atom stereocenters. The molecule has 0 aliphatic rings. The van der Waals surface area contributed by atoms with Gasteiger partial charge in [-0.1, -0.05) is 0 Å². The summed E-state index contributed by atoms with van der Waals surface area (Å²) in [7, 11) is -3.27. The first-order valence-corrected chi connectivity index (χ1v) is 11.2. The largest absolute Gasteiger partial charge is 0.497 e. The highest BCUT2D eigenvalue weighted by Gasteiger charge is 2.38. The SMILES string of the molecule is COc1ccc(-c2cc(=O)n(CCNS(=O)(=O)c3cc(C(F)(F)F)cc(C(F)(F)F)c3)cn2)cc1. The first-order valence-electron chi connectivity index (χ1n) is 9.71. The molecule has 0 unspecified atom stereocenters. The second-order valence-electron chi connectivity index (χ2n) is 7.17. The molecule has 188 valence electrons. The van der Waals surface area contributed by atoms with Crippen molar-refractivity contribution in [2.45, 2.75) is 23.8 Å². The van der Waals surface area contributed by atoms with Crippen molar-refractivity contribution in [2.24, 2.45) is 0 Å². The van der Waals surface area contributed by atoms with E-state index in [0.29, 0.717) is 17.0 Å². The zero-order valence-electron chi connectivity index (χ0n) is 17.8. The van der Waals surface area contributed by atoms with Crippen molar-refractivity contribution < 1.29 is 39.5 Å². The van der Waals surface area contributed by atoms with E-state index in [1.54, 1.807) is 24.3 Å². The predicted octanol–water partition coefficient (Wildman–Crippen LogP) is 3.94. The highest BCUT2D eigenvalue weighted by Crippen LogP contribution is 2.37. The van der Waals surface area contributed by atoms with Crippen LogP contribution >= 0.6 is 0 Å². The molecule has 3 rings (SSSR count). The Morgan fingerprint density at radius 3 is 2.00 bits per heavy atom. The van der Waals surface area contributed by atoms with Gasteiger partial charge in [0.15, 0.2) is 0 Å². The number of sulfonamides is 1. The average molecular weight is 521 g/mol. The van der Waals surface area contributed by atoms with Crippen molar-refractivity contribution in [3.63, 3.8) is 0 Å². The molecule has 7 nitrogen and oxygen atoms in total. The Morgan fingerprint density at radius 2 is 1.51 bits per heavy atom. The molecule has 0 fully saturated rings. The lowest BCUT2D eigenvalue weighted by molar-refractivity contribution is -0.143. The van der Waals surface area contributed by atoms with E-state index in [0.717, 1.165) is 10.9 Å². The van der Waals surface area contributed by atoms with Gasteiger partial charge in [-0.2, -0.15) is 26.3 Å². The minimum absolute atomic E-state index is 0.106. The molecule has 0 aliphatic heterocycles. The van der Waals surface area contributed by atoms with E-state index in [1.807, 2.05) is 4.72 Å². The van der Waals surface area contributed by atoms with Crippen LogP contribution in [0, 0.1) is 0 Å². The van der Waals surface area contributed by atoms with E-state index in [4.69, 9.17) is 4.74 Å². The minimum Gasteiger partial charge on any atom is -0.497 e. The van der Waals surface area contributed by atoms with E-state index < -0.39 is 50.5 Å². The van der Waals surface area contributed by atoms with E-state index in [1.165, 1.54) is 13.2 Å². The molecular formula is C21H17F6N3O4S. The molecule has 0 aliphatic carbocycles. The number of halogens is 6. The van der Waals surface area contributed by atoms with E-state index in [-0.39, 0.29) is 24.7 Å². The Morgan fingerprint density at radius 1 is 0.943 bits per heavy atom. The predicted molar refractivity (Wildman–Crippen MR) is 112 cm³/mol. The molecule has 0 saturated heterocycles. The maximum atomic E-state index is 13.0. The number of rotatable bonds is 7. The summed E-state index contributed by atoms with van der Waals surface area (Å²) in [4.78, 5) is 15.2. The van der Waals surface area contributed by atoms with Gasteiger partial charge in [-0.25, -0.2) is 18.1 Å². The molecule has 0 bridgehead atoms. The van der Waals surface area contributed by atoms with Crippen molar-refractivity contribution in [3.8, 4) is 17.0 Å². The quantitative estimate of drug-likeness (QED) is 0.476. The molecule has 14 heteroatoms. The molecule has 1 N–H and O–H groups in total. The van der Waals surface area contributed by atoms with Crippen molar-refractivity contribution in [1.29, 1.82) is 0 Å². The monoisotopic (exact) mass is 521 g/mol. The van der Waals surface area contributed by atoms with Gasteiger partial charge in [-0.05, 0) is 42.5 Å². The van der Waals surface area contributed by atoms with Crippen LogP contribution in [0.5, 0.6) is 5.75 Å². The summed E-state index contributed by atoms with van der Waals surface area (Å²) in [6, 6.07) is 7.90. The molecule has 1 aromatic heterocycles. The third kappa shape index (κ3) is 6.39. The Hall–Kier alpha value is -3.39. The van der Waals surface area contributed by atoms with E-state index in [2.05, 4.69) is 4.98 Å². The summed E-state index contributed by atoms with van der Waals surface area (Å²) < 4.78 is 111. The topological polar surface area (TPSA) is 90.3 Å². The van der Waals surface area contributed by atoms with Gasteiger partial charge >= 0.3 is 12.4 Å². The zero-order valence-corrected chi connectivity index (χ0v) is 18.6. The molecule has 0 radical (unpaired) electrons. The van der Waals surface area contributed by atoms with Crippen molar-refractivity contribution >= 4 is 10.0 Å². The van der Waals surface area contributed by atoms with Crippen LogP contribution in [0.4, 0.5) is 26.3 Å². The molecule has 0 amide bonds. The Kier molecular flexibility index (Phi) is 7.26. The van der Waals surface area contributed by atoms with Crippen molar-refractivity contribution in [2.75, 3.05) is 13.7 Å². The van der Waals surface area contributed by atoms with Gasteiger partial charge in [0, 0.05) is 24.7 Å². The number of nitrogens with one attached hydrogen (secondary N) is 1. The average Bonchev–Trinajstić information content (AvgIpc) is 2.78. The molecular weight excluding hydrogens is 504 g/mol. The first-order chi connectivity index (χ1) is 16.2. The van der Waals surface area contributed by atoms with Crippen molar-refractivity contribution in [3.05, 3.63) is 76.3 Å². The maximum absolute atomic E-state index is 13.0. The van der Waals surface area contributed by atoms with Gasteiger partial charge in [0.05, 0.1) is 35.2 Å². The van der Waals surface area contributed by atoms with Gasteiger partial charge < -0.3 is 4.74 Å². The lowest BCUT2D eigenvalue weighted by Gasteiger charge is -2.15. The van der Waals surface area contributed by atoms with Crippen LogP contribution in [0.15, 0.2) is 64.5 Å². The number of methoxy groups -OCH3 is 1. The Balaban J connectivity index is 1.77. The van der Waals surface area contributed by atoms with Crippen LogP contribution in [0.1, 0.15) is 11.1 Å². The summed E-state index contributed by atoms with van der Waals surface area (Å²) >= 11 is 0. The van der Waals surface area contributed by atoms with Gasteiger partial charge in [0.1, 0.15) is 5.75 Å². The van der Waals surface area contributed by atoms with Crippen LogP contribution < -0.4 is 15.0 Å². The van der Waals surface area contributed by atoms with Crippen LogP contribution in [0.3, 0.4) is 0 Å². The fourth-order valence-electron chi connectivity index (χ4n) is 2.98. The molecule has 3 aromatic rings. The normalized spacial score (nSPS) is 12.5. The fraction of sp³-hybridized carbons (Fsp3) is 0.238. The van der Waals surface area contributed by atoms with Gasteiger partial charge in [0.2, 0.25) is 10.0 Å². The second kappa shape index (κ2) is 9.70. The summed E-state index contributed by atoms with van der Waals surface area (Å²) in [5.74, 6) is 0.595. The number of benzene rings is 2. The molecule has 2 aromatic carbocycles. The lowest BCUT2D eigenvalue weighted by Crippen LogP contribution is -2.31. The molecule has 0 spiro atoms. The summed E-state index contributed by atoms with van der Waals surface area (Å²) in [6.45, 7) is -0.775. The number of hydrogen-bond acceptors (Lipinski definition) is 5. The van der Waals surface area contributed by atoms with Gasteiger partial charge in [-0.3, -0.25) is 9.36 Å².